The SMILES string of the molecule is CC1CC1(OP(Oc1ccccc1)Oc1ccccc1)C1(OP(Oc2ccccc2)Oc2ccccc2)CC1C. The molecule has 0 heterocycles. The Morgan fingerprint density at radius 3 is 0.875 bits per heavy atom. The smallest absolute Gasteiger partial charge is 0.418 e. The highest BCUT2D eigenvalue weighted by Gasteiger charge is 2.78. The molecule has 2 fully saturated rings. The lowest BCUT2D eigenvalue weighted by Crippen LogP contribution is -2.38. The van der Waals surface area contributed by atoms with Gasteiger partial charge in [0.05, 0.1) is 0 Å². The lowest BCUT2D eigenvalue weighted by atomic mass is 10.1. The summed E-state index contributed by atoms with van der Waals surface area (Å²) in [6.45, 7) is 4.38. The Balaban J connectivity index is 1.27. The summed E-state index contributed by atoms with van der Waals surface area (Å²) in [5.74, 6) is 3.24. The summed E-state index contributed by atoms with van der Waals surface area (Å²) < 4.78 is 38.9. The van der Waals surface area contributed by atoms with Crippen LogP contribution in [0.1, 0.15) is 26.7 Å². The van der Waals surface area contributed by atoms with Gasteiger partial charge in [-0.3, -0.25) is 9.05 Å². The molecule has 40 heavy (non-hydrogen) atoms. The van der Waals surface area contributed by atoms with Gasteiger partial charge in [0.25, 0.3) is 0 Å². The van der Waals surface area contributed by atoms with Crippen LogP contribution < -0.4 is 18.1 Å². The Kier molecular flexibility index (Phi) is 7.96. The van der Waals surface area contributed by atoms with Gasteiger partial charge in [0.1, 0.15) is 34.2 Å². The largest absolute Gasteiger partial charge is 0.463 e. The summed E-state index contributed by atoms with van der Waals surface area (Å²) in [6, 6.07) is 38.5. The molecule has 0 aliphatic heterocycles. The van der Waals surface area contributed by atoms with Crippen LogP contribution in [0, 0.1) is 11.8 Å². The predicted octanol–water partition coefficient (Wildman–Crippen LogP) is 9.35. The second kappa shape index (κ2) is 11.8. The van der Waals surface area contributed by atoms with Crippen molar-refractivity contribution in [1.82, 2.24) is 0 Å². The van der Waals surface area contributed by atoms with Gasteiger partial charge in [0.2, 0.25) is 0 Å². The molecule has 2 saturated carbocycles. The maximum Gasteiger partial charge on any atom is 0.463 e. The molecule has 4 aromatic rings. The fourth-order valence-corrected chi connectivity index (χ4v) is 7.78. The van der Waals surface area contributed by atoms with Crippen molar-refractivity contribution in [3.05, 3.63) is 121 Å². The standard InChI is InChI=1S/C32H32O6P2/c1-25-23-31(25,37-39(33-27-15-7-3-8-16-27)34-28-17-9-4-10-18-28)32(24-26(32)2)38-40(35-29-19-11-5-12-20-29)36-30-21-13-6-14-22-30/h3-22,25-26H,23-24H2,1-2H3. The first kappa shape index (κ1) is 27.1. The van der Waals surface area contributed by atoms with E-state index < -0.39 is 28.4 Å². The first-order valence-electron chi connectivity index (χ1n) is 13.5. The van der Waals surface area contributed by atoms with E-state index in [9.17, 15) is 0 Å². The zero-order valence-electron chi connectivity index (χ0n) is 22.5. The fraction of sp³-hybridized carbons (Fsp3) is 0.250. The van der Waals surface area contributed by atoms with E-state index in [1.165, 1.54) is 0 Å². The van der Waals surface area contributed by atoms with Crippen molar-refractivity contribution in [2.75, 3.05) is 0 Å². The molecule has 6 nitrogen and oxygen atoms in total. The number of para-hydroxylation sites is 4. The van der Waals surface area contributed by atoms with Crippen LogP contribution in [-0.4, -0.2) is 11.2 Å². The van der Waals surface area contributed by atoms with E-state index in [2.05, 4.69) is 13.8 Å². The quantitative estimate of drug-likeness (QED) is 0.148. The van der Waals surface area contributed by atoms with Crippen LogP contribution in [-0.2, 0) is 9.05 Å². The van der Waals surface area contributed by atoms with Crippen molar-refractivity contribution in [1.29, 1.82) is 0 Å². The third kappa shape index (κ3) is 5.96. The van der Waals surface area contributed by atoms with Gasteiger partial charge in [-0.05, 0) is 73.2 Å². The normalized spacial score (nSPS) is 24.9. The molecule has 2 aliphatic rings. The number of hydrogen-bond donors (Lipinski definition) is 0. The minimum atomic E-state index is -1.78. The molecular weight excluding hydrogens is 542 g/mol. The second-order valence-corrected chi connectivity index (χ2v) is 12.2. The second-order valence-electron chi connectivity index (χ2n) is 10.2. The minimum Gasteiger partial charge on any atom is -0.418 e. The Bertz CT molecular complexity index is 1170. The van der Waals surface area contributed by atoms with Gasteiger partial charge in [-0.25, -0.2) is 0 Å². The van der Waals surface area contributed by atoms with E-state index in [-0.39, 0.29) is 11.8 Å². The highest BCUT2D eigenvalue weighted by Crippen LogP contribution is 2.73. The van der Waals surface area contributed by atoms with Gasteiger partial charge < -0.3 is 18.1 Å². The monoisotopic (exact) mass is 574 g/mol. The van der Waals surface area contributed by atoms with Gasteiger partial charge in [0, 0.05) is 0 Å². The topological polar surface area (TPSA) is 55.4 Å². The molecule has 4 atom stereocenters. The van der Waals surface area contributed by atoms with Crippen LogP contribution >= 0.6 is 17.2 Å². The van der Waals surface area contributed by atoms with E-state index in [0.29, 0.717) is 23.0 Å². The molecule has 0 N–H and O–H groups in total. The molecule has 4 unspecified atom stereocenters. The third-order valence-electron chi connectivity index (χ3n) is 7.37. The van der Waals surface area contributed by atoms with Gasteiger partial charge in [-0.15, -0.1) is 0 Å². The van der Waals surface area contributed by atoms with Crippen LogP contribution in [0.25, 0.3) is 0 Å². The lowest BCUT2D eigenvalue weighted by molar-refractivity contribution is -0.0127. The molecule has 2 aliphatic carbocycles. The van der Waals surface area contributed by atoms with Crippen molar-refractivity contribution < 1.29 is 27.1 Å². The first-order chi connectivity index (χ1) is 19.6. The summed E-state index contributed by atoms with van der Waals surface area (Å²) >= 11 is 0. The van der Waals surface area contributed by atoms with E-state index in [1.54, 1.807) is 0 Å². The van der Waals surface area contributed by atoms with E-state index in [0.717, 1.165) is 12.8 Å². The number of benzene rings is 4. The van der Waals surface area contributed by atoms with Crippen LogP contribution in [0.2, 0.25) is 0 Å². The average molecular weight is 575 g/mol. The summed E-state index contributed by atoms with van der Waals surface area (Å²) in [5.41, 5.74) is -1.19. The van der Waals surface area contributed by atoms with E-state index >= 15 is 0 Å². The molecule has 0 spiro atoms. The van der Waals surface area contributed by atoms with Crippen molar-refractivity contribution in [2.24, 2.45) is 11.8 Å². The maximum atomic E-state index is 6.86. The zero-order chi connectivity index (χ0) is 27.4. The Labute approximate surface area is 238 Å². The van der Waals surface area contributed by atoms with Crippen molar-refractivity contribution in [2.45, 2.75) is 37.9 Å². The highest BCUT2D eigenvalue weighted by atomic mass is 31.2. The van der Waals surface area contributed by atoms with Crippen molar-refractivity contribution in [3.8, 4) is 23.0 Å². The minimum absolute atomic E-state index is 0.242. The number of rotatable bonds is 13. The summed E-state index contributed by atoms with van der Waals surface area (Å²) in [4.78, 5) is 0. The summed E-state index contributed by atoms with van der Waals surface area (Å²) in [5, 5.41) is 0. The lowest BCUT2D eigenvalue weighted by Gasteiger charge is -2.33. The molecule has 0 aromatic heterocycles. The summed E-state index contributed by atoms with van der Waals surface area (Å²) in [6.07, 6.45) is 1.65. The Morgan fingerprint density at radius 1 is 0.450 bits per heavy atom. The Hall–Kier alpha value is -3.14. The third-order valence-corrected chi connectivity index (χ3v) is 9.76. The molecule has 0 bridgehead atoms. The molecule has 0 radical (unpaired) electrons. The van der Waals surface area contributed by atoms with E-state index in [1.807, 2.05) is 121 Å². The molecule has 4 aromatic carbocycles. The molecule has 8 heteroatoms. The van der Waals surface area contributed by atoms with Crippen LogP contribution in [0.3, 0.4) is 0 Å². The van der Waals surface area contributed by atoms with Crippen molar-refractivity contribution in [3.63, 3.8) is 0 Å². The number of hydrogen-bond acceptors (Lipinski definition) is 6. The van der Waals surface area contributed by atoms with Crippen LogP contribution in [0.15, 0.2) is 121 Å². The average Bonchev–Trinajstić information content (AvgIpc) is 3.85. The van der Waals surface area contributed by atoms with Crippen LogP contribution in [0.4, 0.5) is 0 Å². The molecule has 206 valence electrons. The molecule has 0 amide bonds. The van der Waals surface area contributed by atoms with E-state index in [4.69, 9.17) is 27.1 Å². The Morgan fingerprint density at radius 2 is 0.675 bits per heavy atom. The van der Waals surface area contributed by atoms with Gasteiger partial charge in [0.15, 0.2) is 0 Å². The predicted molar refractivity (Wildman–Crippen MR) is 157 cm³/mol. The van der Waals surface area contributed by atoms with Gasteiger partial charge >= 0.3 is 17.2 Å². The first-order valence-corrected chi connectivity index (χ1v) is 15.7. The van der Waals surface area contributed by atoms with Crippen LogP contribution in [0.5, 0.6) is 23.0 Å². The van der Waals surface area contributed by atoms with Gasteiger partial charge in [-0.2, -0.15) is 0 Å². The highest BCUT2D eigenvalue weighted by molar-refractivity contribution is 7.43. The molecular formula is C32H32O6P2. The molecule has 0 saturated heterocycles. The maximum absolute atomic E-state index is 6.86. The molecule has 6 rings (SSSR count). The summed E-state index contributed by atoms with van der Waals surface area (Å²) in [7, 11) is -3.57. The fourth-order valence-electron chi connectivity index (χ4n) is 5.03. The zero-order valence-corrected chi connectivity index (χ0v) is 24.2. The van der Waals surface area contributed by atoms with Crippen molar-refractivity contribution >= 4 is 17.2 Å². The van der Waals surface area contributed by atoms with Gasteiger partial charge in [-0.1, -0.05) is 86.6 Å².